The zero-order valence-corrected chi connectivity index (χ0v) is 7.55. The van der Waals surface area contributed by atoms with Crippen LogP contribution in [-0.2, 0) is 0 Å². The third kappa shape index (κ3) is 1.98. The van der Waals surface area contributed by atoms with Gasteiger partial charge in [-0.15, -0.1) is 0 Å². The number of nitrogens with one attached hydrogen (secondary N) is 2. The normalized spacial score (nSPS) is 22.9. The van der Waals surface area contributed by atoms with Gasteiger partial charge in [0.05, 0.1) is 0 Å². The highest BCUT2D eigenvalue weighted by molar-refractivity contribution is 5.09. The molecular weight excluding hydrogens is 164 g/mol. The zero-order valence-electron chi connectivity index (χ0n) is 7.55. The third-order valence-corrected chi connectivity index (χ3v) is 2.48. The largest absolute Gasteiger partial charge is 0.363 e. The summed E-state index contributed by atoms with van der Waals surface area (Å²) in [6, 6.07) is 3.58. The number of aromatic amines is 1. The summed E-state index contributed by atoms with van der Waals surface area (Å²) < 4.78 is 0. The van der Waals surface area contributed by atoms with E-state index in [2.05, 4.69) is 10.3 Å². The molecule has 2 N–H and O–H groups in total. The molecule has 13 heavy (non-hydrogen) atoms. The molecule has 0 unspecified atom stereocenters. The maximum absolute atomic E-state index is 11.1. The predicted molar refractivity (Wildman–Crippen MR) is 51.7 cm³/mol. The fourth-order valence-electron chi connectivity index (χ4n) is 1.78. The van der Waals surface area contributed by atoms with Gasteiger partial charge in [0.2, 0.25) is 0 Å². The van der Waals surface area contributed by atoms with Crippen LogP contribution in [0.4, 0.5) is 0 Å². The summed E-state index contributed by atoms with van der Waals surface area (Å²) in [5, 5.41) is 3.39. The monoisotopic (exact) mass is 178 g/mol. The Morgan fingerprint density at radius 2 is 2.31 bits per heavy atom. The first-order chi connectivity index (χ1) is 6.36. The zero-order chi connectivity index (χ0) is 9.10. The van der Waals surface area contributed by atoms with E-state index in [4.69, 9.17) is 0 Å². The van der Waals surface area contributed by atoms with E-state index in [9.17, 15) is 4.79 Å². The van der Waals surface area contributed by atoms with E-state index in [-0.39, 0.29) is 5.43 Å². The summed E-state index contributed by atoms with van der Waals surface area (Å²) in [7, 11) is 0. The number of hydrogen-bond donors (Lipinski definition) is 2. The van der Waals surface area contributed by atoms with Crippen LogP contribution in [0.3, 0.4) is 0 Å². The van der Waals surface area contributed by atoms with Crippen molar-refractivity contribution in [3.05, 3.63) is 34.2 Å². The number of hydrogen-bond acceptors (Lipinski definition) is 2. The van der Waals surface area contributed by atoms with Crippen LogP contribution in [0, 0.1) is 0 Å². The Bertz CT molecular complexity index is 326. The van der Waals surface area contributed by atoms with Gasteiger partial charge in [-0.25, -0.2) is 0 Å². The number of rotatable bonds is 1. The molecule has 0 aromatic carbocycles. The van der Waals surface area contributed by atoms with Gasteiger partial charge in [-0.05, 0) is 19.4 Å². The molecule has 0 spiro atoms. The van der Waals surface area contributed by atoms with Gasteiger partial charge < -0.3 is 10.3 Å². The molecule has 0 amide bonds. The average Bonchev–Trinajstić information content (AvgIpc) is 2.19. The molecule has 3 heteroatoms. The van der Waals surface area contributed by atoms with Gasteiger partial charge in [0.1, 0.15) is 0 Å². The quantitative estimate of drug-likeness (QED) is 0.678. The van der Waals surface area contributed by atoms with Gasteiger partial charge in [0, 0.05) is 30.1 Å². The summed E-state index contributed by atoms with van der Waals surface area (Å²) in [6.45, 7) is 1.06. The Balaban J connectivity index is 2.19. The van der Waals surface area contributed by atoms with Crippen molar-refractivity contribution in [3.8, 4) is 0 Å². The summed E-state index contributed by atoms with van der Waals surface area (Å²) >= 11 is 0. The van der Waals surface area contributed by atoms with Gasteiger partial charge in [0.25, 0.3) is 0 Å². The molecule has 1 aromatic rings. The fourth-order valence-corrected chi connectivity index (χ4v) is 1.78. The van der Waals surface area contributed by atoms with E-state index in [1.54, 1.807) is 18.3 Å². The molecule has 1 saturated heterocycles. The van der Waals surface area contributed by atoms with Crippen LogP contribution in [0.5, 0.6) is 0 Å². The second-order valence-electron chi connectivity index (χ2n) is 3.48. The third-order valence-electron chi connectivity index (χ3n) is 2.48. The minimum absolute atomic E-state index is 0.0844. The smallest absolute Gasteiger partial charge is 0.181 e. The van der Waals surface area contributed by atoms with E-state index in [0.29, 0.717) is 6.04 Å². The Morgan fingerprint density at radius 1 is 1.38 bits per heavy atom. The van der Waals surface area contributed by atoms with Crippen molar-refractivity contribution in [1.29, 1.82) is 0 Å². The summed E-state index contributed by atoms with van der Waals surface area (Å²) in [5.74, 6) is 0. The lowest BCUT2D eigenvalue weighted by atomic mass is 10.0. The van der Waals surface area contributed by atoms with Gasteiger partial charge in [0.15, 0.2) is 5.43 Å². The van der Waals surface area contributed by atoms with Crippen LogP contribution >= 0.6 is 0 Å². The molecule has 1 fully saturated rings. The van der Waals surface area contributed by atoms with E-state index in [1.807, 2.05) is 0 Å². The Morgan fingerprint density at radius 3 is 3.00 bits per heavy atom. The van der Waals surface area contributed by atoms with E-state index in [0.717, 1.165) is 18.7 Å². The molecule has 3 nitrogen and oxygen atoms in total. The maximum atomic E-state index is 11.1. The van der Waals surface area contributed by atoms with Crippen molar-refractivity contribution in [3.63, 3.8) is 0 Å². The Hall–Kier alpha value is -1.09. The molecule has 1 aliphatic heterocycles. The summed E-state index contributed by atoms with van der Waals surface area (Å²) in [5.41, 5.74) is 1.10. The number of piperidine rings is 1. The predicted octanol–water partition coefficient (Wildman–Crippen LogP) is 1.19. The lowest BCUT2D eigenvalue weighted by Crippen LogP contribution is -2.28. The number of aromatic nitrogens is 1. The van der Waals surface area contributed by atoms with Crippen molar-refractivity contribution < 1.29 is 0 Å². The molecule has 0 aliphatic carbocycles. The average molecular weight is 178 g/mol. The first kappa shape index (κ1) is 8.51. The van der Waals surface area contributed by atoms with Crippen molar-refractivity contribution >= 4 is 0 Å². The van der Waals surface area contributed by atoms with Gasteiger partial charge in [-0.2, -0.15) is 0 Å². The SMILES string of the molecule is O=c1cc[nH]c([C@@H]2CCCCN2)c1. The molecule has 1 aromatic heterocycles. The molecule has 1 atom stereocenters. The van der Waals surface area contributed by atoms with E-state index in [1.165, 1.54) is 12.8 Å². The second-order valence-corrected chi connectivity index (χ2v) is 3.48. The van der Waals surface area contributed by atoms with Crippen molar-refractivity contribution in [2.45, 2.75) is 25.3 Å². The van der Waals surface area contributed by atoms with Crippen LogP contribution < -0.4 is 10.7 Å². The van der Waals surface area contributed by atoms with Crippen molar-refractivity contribution in [1.82, 2.24) is 10.3 Å². The van der Waals surface area contributed by atoms with Crippen molar-refractivity contribution in [2.75, 3.05) is 6.54 Å². The molecule has 0 bridgehead atoms. The Labute approximate surface area is 77.2 Å². The van der Waals surface area contributed by atoms with Crippen LogP contribution in [-0.4, -0.2) is 11.5 Å². The Kier molecular flexibility index (Phi) is 2.45. The highest BCUT2D eigenvalue weighted by Crippen LogP contribution is 2.19. The minimum Gasteiger partial charge on any atom is -0.363 e. The summed E-state index contributed by atoms with van der Waals surface area (Å²) in [4.78, 5) is 14.2. The number of H-pyrrole nitrogens is 1. The molecule has 0 radical (unpaired) electrons. The van der Waals surface area contributed by atoms with Crippen LogP contribution in [0.1, 0.15) is 31.0 Å². The van der Waals surface area contributed by atoms with Crippen molar-refractivity contribution in [2.24, 2.45) is 0 Å². The van der Waals surface area contributed by atoms with Gasteiger partial charge in [-0.1, -0.05) is 6.42 Å². The number of pyridine rings is 1. The maximum Gasteiger partial charge on any atom is 0.181 e. The molecule has 2 rings (SSSR count). The first-order valence-electron chi connectivity index (χ1n) is 4.78. The van der Waals surface area contributed by atoms with Gasteiger partial charge in [-0.3, -0.25) is 4.79 Å². The molecule has 70 valence electrons. The lowest BCUT2D eigenvalue weighted by Gasteiger charge is -2.23. The molecule has 2 heterocycles. The highest BCUT2D eigenvalue weighted by atomic mass is 16.1. The topological polar surface area (TPSA) is 44.9 Å². The van der Waals surface area contributed by atoms with E-state index < -0.39 is 0 Å². The second kappa shape index (κ2) is 3.75. The lowest BCUT2D eigenvalue weighted by molar-refractivity contribution is 0.405. The molecule has 0 saturated carbocycles. The highest BCUT2D eigenvalue weighted by Gasteiger charge is 2.14. The van der Waals surface area contributed by atoms with Gasteiger partial charge >= 0.3 is 0 Å². The summed E-state index contributed by atoms with van der Waals surface area (Å²) in [6.07, 6.45) is 5.33. The standard InChI is InChI=1S/C10H14N2O/c13-8-4-6-12-10(7-8)9-3-1-2-5-11-9/h4,6-7,9,11H,1-3,5H2,(H,12,13)/t9-/m0/s1. The minimum atomic E-state index is 0.0844. The van der Waals surface area contributed by atoms with Crippen LogP contribution in [0.25, 0.3) is 0 Å². The first-order valence-corrected chi connectivity index (χ1v) is 4.78. The molecule has 1 aliphatic rings. The van der Waals surface area contributed by atoms with E-state index >= 15 is 0 Å². The van der Waals surface area contributed by atoms with Crippen LogP contribution in [0.2, 0.25) is 0 Å². The van der Waals surface area contributed by atoms with Crippen LogP contribution in [0.15, 0.2) is 23.1 Å². The molecular formula is C10H14N2O. The fraction of sp³-hybridized carbons (Fsp3) is 0.500.